The van der Waals surface area contributed by atoms with E-state index in [0.29, 0.717) is 12.4 Å². The summed E-state index contributed by atoms with van der Waals surface area (Å²) >= 11 is 1.40. The van der Waals surface area contributed by atoms with Gasteiger partial charge in [-0.05, 0) is 41.8 Å². The molecule has 7 heteroatoms. The lowest BCUT2D eigenvalue weighted by molar-refractivity contribution is -0.136. The number of aromatic nitrogens is 3. The number of benzene rings is 1. The lowest BCUT2D eigenvalue weighted by Crippen LogP contribution is -2.11. The Balaban J connectivity index is 2.09. The summed E-state index contributed by atoms with van der Waals surface area (Å²) in [5, 5.41) is 10.1. The number of halogens is 1. The van der Waals surface area contributed by atoms with Crippen LogP contribution in [-0.2, 0) is 17.8 Å². The summed E-state index contributed by atoms with van der Waals surface area (Å²) in [6.07, 6.45) is 3.23. The monoisotopic (exact) mass is 385 g/mol. The van der Waals surface area contributed by atoms with Gasteiger partial charge in [0, 0.05) is 23.8 Å². The standard InChI is InChI=1S/C20H20FN3O2S/c1-13(2)19-20(27-16-5-3-4-15(21)10-16)24(17(23-19)11-18(25)26)12-14-6-8-22-9-7-14/h3-10,13H,11-12H2,1-2H3,(H,25,26). The first kappa shape index (κ1) is 19.1. The van der Waals surface area contributed by atoms with Crippen molar-refractivity contribution in [1.29, 1.82) is 0 Å². The van der Waals surface area contributed by atoms with Crippen molar-refractivity contribution >= 4 is 17.7 Å². The third kappa shape index (κ3) is 4.74. The Bertz CT molecular complexity index is 942. The molecule has 0 fully saturated rings. The van der Waals surface area contributed by atoms with Gasteiger partial charge in [-0.3, -0.25) is 9.78 Å². The zero-order valence-corrected chi connectivity index (χ0v) is 15.9. The molecule has 5 nitrogen and oxygen atoms in total. The summed E-state index contributed by atoms with van der Waals surface area (Å²) in [6, 6.07) is 10.1. The molecule has 3 rings (SSSR count). The Morgan fingerprint density at radius 1 is 1.26 bits per heavy atom. The number of carboxylic acids is 1. The van der Waals surface area contributed by atoms with Crippen LogP contribution < -0.4 is 0 Å². The summed E-state index contributed by atoms with van der Waals surface area (Å²) in [6.45, 7) is 4.50. The molecule has 0 saturated heterocycles. The van der Waals surface area contributed by atoms with Gasteiger partial charge in [0.1, 0.15) is 23.1 Å². The Labute approximate surface area is 161 Å². The predicted molar refractivity (Wildman–Crippen MR) is 102 cm³/mol. The van der Waals surface area contributed by atoms with Crippen LogP contribution in [0.4, 0.5) is 4.39 Å². The number of imidazole rings is 1. The largest absolute Gasteiger partial charge is 0.481 e. The highest BCUT2D eigenvalue weighted by Crippen LogP contribution is 2.35. The second-order valence-corrected chi connectivity index (χ2v) is 7.51. The number of carbonyl (C=O) groups is 1. The van der Waals surface area contributed by atoms with Crippen molar-refractivity contribution in [2.24, 2.45) is 0 Å². The second-order valence-electron chi connectivity index (χ2n) is 6.44. The molecule has 2 heterocycles. The molecule has 1 aromatic carbocycles. The fraction of sp³-hybridized carbons (Fsp3) is 0.250. The molecule has 0 amide bonds. The van der Waals surface area contributed by atoms with E-state index in [0.717, 1.165) is 21.2 Å². The second kappa shape index (κ2) is 8.35. The molecule has 0 saturated carbocycles. The van der Waals surface area contributed by atoms with Gasteiger partial charge in [-0.2, -0.15) is 0 Å². The zero-order valence-electron chi connectivity index (χ0n) is 15.1. The minimum Gasteiger partial charge on any atom is -0.481 e. The highest BCUT2D eigenvalue weighted by Gasteiger charge is 2.22. The van der Waals surface area contributed by atoms with Gasteiger partial charge in [0.15, 0.2) is 0 Å². The van der Waals surface area contributed by atoms with E-state index < -0.39 is 5.97 Å². The van der Waals surface area contributed by atoms with E-state index >= 15 is 0 Å². The molecule has 0 aliphatic rings. The average Bonchev–Trinajstić information content (AvgIpc) is 2.93. The lowest BCUT2D eigenvalue weighted by atomic mass is 10.1. The summed E-state index contributed by atoms with van der Waals surface area (Å²) in [4.78, 5) is 20.7. The van der Waals surface area contributed by atoms with Crippen LogP contribution in [0.2, 0.25) is 0 Å². The summed E-state index contributed by atoms with van der Waals surface area (Å²) in [7, 11) is 0. The molecular weight excluding hydrogens is 365 g/mol. The topological polar surface area (TPSA) is 68.0 Å². The van der Waals surface area contributed by atoms with E-state index in [4.69, 9.17) is 0 Å². The highest BCUT2D eigenvalue weighted by molar-refractivity contribution is 7.99. The minimum absolute atomic E-state index is 0.104. The van der Waals surface area contributed by atoms with Gasteiger partial charge < -0.3 is 9.67 Å². The van der Waals surface area contributed by atoms with Crippen molar-refractivity contribution in [2.45, 2.75) is 42.7 Å². The van der Waals surface area contributed by atoms with Gasteiger partial charge in [-0.15, -0.1) is 0 Å². The molecule has 1 N–H and O–H groups in total. The molecule has 0 spiro atoms. The van der Waals surface area contributed by atoms with Crippen molar-refractivity contribution in [1.82, 2.24) is 14.5 Å². The van der Waals surface area contributed by atoms with Crippen LogP contribution in [0.25, 0.3) is 0 Å². The number of carboxylic acid groups (broad SMARTS) is 1. The van der Waals surface area contributed by atoms with Crippen LogP contribution in [0.5, 0.6) is 0 Å². The van der Waals surface area contributed by atoms with Crippen LogP contribution in [0.15, 0.2) is 58.7 Å². The lowest BCUT2D eigenvalue weighted by Gasteiger charge is -2.13. The van der Waals surface area contributed by atoms with Gasteiger partial charge in [-0.25, -0.2) is 9.37 Å². The summed E-state index contributed by atoms with van der Waals surface area (Å²) in [5.74, 6) is -0.653. The molecular formula is C20H20FN3O2S. The first-order valence-electron chi connectivity index (χ1n) is 8.57. The molecule has 2 aromatic heterocycles. The zero-order chi connectivity index (χ0) is 19.4. The minimum atomic E-state index is -0.936. The first-order valence-corrected chi connectivity index (χ1v) is 9.39. The van der Waals surface area contributed by atoms with E-state index in [1.54, 1.807) is 18.5 Å². The van der Waals surface area contributed by atoms with E-state index in [1.165, 1.54) is 23.9 Å². The van der Waals surface area contributed by atoms with Crippen molar-refractivity contribution < 1.29 is 14.3 Å². The number of hydrogen-bond acceptors (Lipinski definition) is 4. The SMILES string of the molecule is CC(C)c1nc(CC(=O)O)n(Cc2ccncc2)c1Sc1cccc(F)c1. The van der Waals surface area contributed by atoms with Crippen molar-refractivity contribution in [3.05, 3.63) is 71.7 Å². The normalized spacial score (nSPS) is 11.1. The number of nitrogens with zero attached hydrogens (tertiary/aromatic N) is 3. The maximum Gasteiger partial charge on any atom is 0.311 e. The third-order valence-electron chi connectivity index (χ3n) is 3.98. The molecule has 0 atom stereocenters. The number of rotatable bonds is 7. The van der Waals surface area contributed by atoms with E-state index in [-0.39, 0.29) is 18.2 Å². The number of aliphatic carboxylic acids is 1. The van der Waals surface area contributed by atoms with Crippen LogP contribution >= 0.6 is 11.8 Å². The maximum atomic E-state index is 13.6. The third-order valence-corrected chi connectivity index (χ3v) is 5.09. The Hall–Kier alpha value is -2.67. The van der Waals surface area contributed by atoms with Crippen LogP contribution in [-0.4, -0.2) is 25.6 Å². The van der Waals surface area contributed by atoms with Crippen molar-refractivity contribution in [3.63, 3.8) is 0 Å². The van der Waals surface area contributed by atoms with Crippen LogP contribution in [0.3, 0.4) is 0 Å². The first-order chi connectivity index (χ1) is 12.9. The average molecular weight is 385 g/mol. The highest BCUT2D eigenvalue weighted by atomic mass is 32.2. The van der Waals surface area contributed by atoms with E-state index in [2.05, 4.69) is 9.97 Å². The maximum absolute atomic E-state index is 13.6. The van der Waals surface area contributed by atoms with Crippen LogP contribution in [0.1, 0.15) is 36.8 Å². The fourth-order valence-corrected chi connectivity index (χ4v) is 3.94. The molecule has 0 aliphatic heterocycles. The van der Waals surface area contributed by atoms with Gasteiger partial charge in [0.25, 0.3) is 0 Å². The summed E-state index contributed by atoms with van der Waals surface area (Å²) in [5.41, 5.74) is 1.81. The van der Waals surface area contributed by atoms with Gasteiger partial charge in [-0.1, -0.05) is 31.7 Å². The smallest absolute Gasteiger partial charge is 0.311 e. The Morgan fingerprint density at radius 2 is 2.00 bits per heavy atom. The van der Waals surface area contributed by atoms with Crippen molar-refractivity contribution in [3.8, 4) is 0 Å². The predicted octanol–water partition coefficient (Wildman–Crippen LogP) is 4.37. The molecule has 0 radical (unpaired) electrons. The quantitative estimate of drug-likeness (QED) is 0.654. The molecule has 140 valence electrons. The number of hydrogen-bond donors (Lipinski definition) is 1. The Kier molecular flexibility index (Phi) is 5.91. The van der Waals surface area contributed by atoms with Gasteiger partial charge in [0.2, 0.25) is 0 Å². The van der Waals surface area contributed by atoms with Gasteiger partial charge in [0.05, 0.1) is 5.69 Å². The van der Waals surface area contributed by atoms with Gasteiger partial charge >= 0.3 is 5.97 Å². The number of pyridine rings is 1. The summed E-state index contributed by atoms with van der Waals surface area (Å²) < 4.78 is 15.5. The van der Waals surface area contributed by atoms with Crippen molar-refractivity contribution in [2.75, 3.05) is 0 Å². The fourth-order valence-electron chi connectivity index (χ4n) is 2.73. The Morgan fingerprint density at radius 3 is 2.63 bits per heavy atom. The molecule has 0 unspecified atom stereocenters. The van der Waals surface area contributed by atoms with Crippen LogP contribution in [0, 0.1) is 5.82 Å². The molecule has 0 bridgehead atoms. The molecule has 3 aromatic rings. The molecule has 27 heavy (non-hydrogen) atoms. The van der Waals surface area contributed by atoms with E-state index in [9.17, 15) is 14.3 Å². The molecule has 0 aliphatic carbocycles. The van der Waals surface area contributed by atoms with E-state index in [1.807, 2.05) is 36.6 Å².